The highest BCUT2D eigenvalue weighted by Gasteiger charge is 1.87. The average molecular weight is 168 g/mol. The predicted octanol–water partition coefficient (Wildman–Crippen LogP) is 2.30. The van der Waals surface area contributed by atoms with Gasteiger partial charge in [-0.15, -0.1) is 0 Å². The van der Waals surface area contributed by atoms with E-state index in [9.17, 15) is 0 Å². The Morgan fingerprint density at radius 1 is 1.33 bits per heavy atom. The maximum absolute atomic E-state index is 5.06. The van der Waals surface area contributed by atoms with Gasteiger partial charge in [0.2, 0.25) is 0 Å². The molecule has 0 aromatic heterocycles. The summed E-state index contributed by atoms with van der Waals surface area (Å²) < 4.78 is 9.92. The second-order valence-electron chi connectivity index (χ2n) is 2.45. The van der Waals surface area contributed by atoms with Crippen LogP contribution in [0.25, 0.3) is 0 Å². The molecule has 0 fully saturated rings. The van der Waals surface area contributed by atoms with E-state index in [1.807, 2.05) is 25.2 Å². The summed E-state index contributed by atoms with van der Waals surface area (Å²) in [5, 5.41) is 0. The molecule has 2 heteroatoms. The second-order valence-corrected chi connectivity index (χ2v) is 2.45. The first-order chi connectivity index (χ1) is 5.70. The average Bonchev–Trinajstić information content (AvgIpc) is 2.05. The molecule has 0 aromatic carbocycles. The van der Waals surface area contributed by atoms with E-state index in [0.717, 1.165) is 11.3 Å². The van der Waals surface area contributed by atoms with Gasteiger partial charge >= 0.3 is 0 Å². The lowest BCUT2D eigenvalue weighted by Crippen LogP contribution is -1.87. The lowest BCUT2D eigenvalue weighted by atomic mass is 10.3. The van der Waals surface area contributed by atoms with Gasteiger partial charge in [0, 0.05) is 7.11 Å². The molecule has 68 valence electrons. The molecule has 0 aliphatic heterocycles. The third-order valence-corrected chi connectivity index (χ3v) is 1.22. The monoisotopic (exact) mass is 168 g/mol. The Balaban J connectivity index is 4.07. The molecule has 0 atom stereocenters. The first-order valence-electron chi connectivity index (χ1n) is 3.77. The number of allylic oxidation sites excluding steroid dienone is 3. The summed E-state index contributed by atoms with van der Waals surface area (Å²) in [6, 6.07) is 0. The zero-order valence-corrected chi connectivity index (χ0v) is 7.96. The topological polar surface area (TPSA) is 18.5 Å². The van der Waals surface area contributed by atoms with Crippen LogP contribution in [0.15, 0.2) is 36.1 Å². The maximum atomic E-state index is 5.06. The predicted molar refractivity (Wildman–Crippen MR) is 50.9 cm³/mol. The van der Waals surface area contributed by atoms with Crippen LogP contribution in [0.2, 0.25) is 0 Å². The van der Waals surface area contributed by atoms with Gasteiger partial charge in [-0.2, -0.15) is 0 Å². The van der Waals surface area contributed by atoms with Crippen molar-refractivity contribution in [1.29, 1.82) is 0 Å². The normalized spacial score (nSPS) is 12.1. The fourth-order valence-corrected chi connectivity index (χ4v) is 0.609. The van der Waals surface area contributed by atoms with Crippen LogP contribution in [-0.4, -0.2) is 20.8 Å². The molecule has 2 nitrogen and oxygen atoms in total. The van der Waals surface area contributed by atoms with Gasteiger partial charge in [0.1, 0.15) is 5.76 Å². The summed E-state index contributed by atoms with van der Waals surface area (Å²) in [5.74, 6) is 0.792. The molecule has 0 saturated carbocycles. The molecule has 0 rings (SSSR count). The van der Waals surface area contributed by atoms with Crippen molar-refractivity contribution in [3.8, 4) is 0 Å². The fourth-order valence-electron chi connectivity index (χ4n) is 0.609. The van der Waals surface area contributed by atoms with Crippen molar-refractivity contribution in [2.24, 2.45) is 0 Å². The van der Waals surface area contributed by atoms with E-state index >= 15 is 0 Å². The van der Waals surface area contributed by atoms with Gasteiger partial charge in [-0.1, -0.05) is 18.2 Å². The quantitative estimate of drug-likeness (QED) is 0.463. The second kappa shape index (κ2) is 6.68. The maximum Gasteiger partial charge on any atom is 0.117 e. The Morgan fingerprint density at radius 2 is 2.00 bits per heavy atom. The van der Waals surface area contributed by atoms with Crippen molar-refractivity contribution in [3.63, 3.8) is 0 Å². The lowest BCUT2D eigenvalue weighted by molar-refractivity contribution is 0.226. The number of methoxy groups -OCH3 is 2. The van der Waals surface area contributed by atoms with Gasteiger partial charge in [0.15, 0.2) is 0 Å². The van der Waals surface area contributed by atoms with Crippen molar-refractivity contribution < 1.29 is 9.47 Å². The minimum Gasteiger partial charge on any atom is -0.497 e. The summed E-state index contributed by atoms with van der Waals surface area (Å²) >= 11 is 0. The van der Waals surface area contributed by atoms with E-state index in [1.165, 1.54) is 0 Å². The molecule has 0 saturated heterocycles. The largest absolute Gasteiger partial charge is 0.497 e. The van der Waals surface area contributed by atoms with Gasteiger partial charge in [-0.3, -0.25) is 0 Å². The van der Waals surface area contributed by atoms with Gasteiger partial charge in [0.25, 0.3) is 0 Å². The van der Waals surface area contributed by atoms with Crippen molar-refractivity contribution in [3.05, 3.63) is 36.1 Å². The Morgan fingerprint density at radius 3 is 2.42 bits per heavy atom. The first kappa shape index (κ1) is 11.0. The SMILES string of the molecule is C=C(C)/C=C\C(=C/COC)OC. The number of ether oxygens (including phenoxy) is 2. The third kappa shape index (κ3) is 5.74. The third-order valence-electron chi connectivity index (χ3n) is 1.22. The highest BCUT2D eigenvalue weighted by Crippen LogP contribution is 2.00. The molecule has 0 aliphatic rings. The van der Waals surface area contributed by atoms with Gasteiger partial charge in [-0.05, 0) is 19.1 Å². The first-order valence-corrected chi connectivity index (χ1v) is 3.77. The number of hydrogen-bond acceptors (Lipinski definition) is 2. The standard InChI is InChI=1S/C10H16O2/c1-9(2)5-6-10(12-4)7-8-11-3/h5-7H,1,8H2,2-4H3/b6-5-,10-7+. The summed E-state index contributed by atoms with van der Waals surface area (Å²) in [6.07, 6.45) is 5.62. The van der Waals surface area contributed by atoms with Crippen LogP contribution >= 0.6 is 0 Å². The van der Waals surface area contributed by atoms with Gasteiger partial charge < -0.3 is 9.47 Å². The highest BCUT2D eigenvalue weighted by atomic mass is 16.5. The Hall–Kier alpha value is -1.02. The van der Waals surface area contributed by atoms with Crippen molar-refractivity contribution in [2.45, 2.75) is 6.92 Å². The van der Waals surface area contributed by atoms with Gasteiger partial charge in [-0.25, -0.2) is 0 Å². The van der Waals surface area contributed by atoms with Crippen LogP contribution in [-0.2, 0) is 9.47 Å². The van der Waals surface area contributed by atoms with Crippen LogP contribution in [0.3, 0.4) is 0 Å². The minimum absolute atomic E-state index is 0.559. The Bertz CT molecular complexity index is 190. The molecule has 0 bridgehead atoms. The van der Waals surface area contributed by atoms with E-state index in [2.05, 4.69) is 6.58 Å². The summed E-state index contributed by atoms with van der Waals surface area (Å²) in [4.78, 5) is 0. The molecule has 0 spiro atoms. The molecule has 0 radical (unpaired) electrons. The Labute approximate surface area is 74.2 Å². The van der Waals surface area contributed by atoms with Crippen LogP contribution in [0.4, 0.5) is 0 Å². The van der Waals surface area contributed by atoms with Crippen LogP contribution in [0.5, 0.6) is 0 Å². The Kier molecular flexibility index (Phi) is 6.11. The highest BCUT2D eigenvalue weighted by molar-refractivity contribution is 5.21. The molecular weight excluding hydrogens is 152 g/mol. The van der Waals surface area contributed by atoms with Gasteiger partial charge in [0.05, 0.1) is 13.7 Å². The van der Waals surface area contributed by atoms with Crippen LogP contribution in [0, 0.1) is 0 Å². The van der Waals surface area contributed by atoms with Crippen molar-refractivity contribution >= 4 is 0 Å². The smallest absolute Gasteiger partial charge is 0.117 e. The van der Waals surface area contributed by atoms with E-state index in [1.54, 1.807) is 14.2 Å². The molecule has 0 amide bonds. The number of hydrogen-bond donors (Lipinski definition) is 0. The van der Waals surface area contributed by atoms with E-state index in [0.29, 0.717) is 6.61 Å². The van der Waals surface area contributed by atoms with Crippen molar-refractivity contribution in [2.75, 3.05) is 20.8 Å². The molecule has 0 aliphatic carbocycles. The van der Waals surface area contributed by atoms with E-state index in [-0.39, 0.29) is 0 Å². The summed E-state index contributed by atoms with van der Waals surface area (Å²) in [5.41, 5.74) is 0.996. The lowest BCUT2D eigenvalue weighted by Gasteiger charge is -1.99. The molecular formula is C10H16O2. The summed E-state index contributed by atoms with van der Waals surface area (Å²) in [6.45, 7) is 6.23. The zero-order valence-electron chi connectivity index (χ0n) is 7.96. The van der Waals surface area contributed by atoms with Crippen LogP contribution in [0.1, 0.15) is 6.92 Å². The van der Waals surface area contributed by atoms with Crippen molar-refractivity contribution in [1.82, 2.24) is 0 Å². The zero-order chi connectivity index (χ0) is 9.40. The summed E-state index contributed by atoms with van der Waals surface area (Å²) in [7, 11) is 3.27. The minimum atomic E-state index is 0.559. The van der Waals surface area contributed by atoms with E-state index in [4.69, 9.17) is 9.47 Å². The molecule has 0 heterocycles. The molecule has 0 aromatic rings. The molecule has 12 heavy (non-hydrogen) atoms. The molecule has 0 unspecified atom stereocenters. The van der Waals surface area contributed by atoms with Crippen LogP contribution < -0.4 is 0 Å². The van der Waals surface area contributed by atoms with E-state index < -0.39 is 0 Å². The fraction of sp³-hybridized carbons (Fsp3) is 0.400. The number of rotatable bonds is 5. The molecule has 0 N–H and O–H groups in total.